The van der Waals surface area contributed by atoms with Gasteiger partial charge < -0.3 is 14.6 Å². The molecule has 0 saturated heterocycles. The minimum atomic E-state index is -0.760. The van der Waals surface area contributed by atoms with Gasteiger partial charge in [0.1, 0.15) is 6.61 Å². The van der Waals surface area contributed by atoms with Gasteiger partial charge in [-0.2, -0.15) is 0 Å². The number of carbonyl (C=O) groups is 2. The molecule has 0 saturated carbocycles. The van der Waals surface area contributed by atoms with Gasteiger partial charge in [0.2, 0.25) is 0 Å². The van der Waals surface area contributed by atoms with E-state index >= 15 is 0 Å². The summed E-state index contributed by atoms with van der Waals surface area (Å²) in [6.07, 6.45) is 43.3. The first kappa shape index (κ1) is 45.9. The van der Waals surface area contributed by atoms with Crippen LogP contribution in [-0.4, -0.2) is 36.4 Å². The predicted octanol–water partition coefficient (Wildman–Crippen LogP) is 13.1. The fourth-order valence-electron chi connectivity index (χ4n) is 6.44. The molecule has 1 atom stereocenters. The molecule has 5 nitrogen and oxygen atoms in total. The van der Waals surface area contributed by atoms with Crippen LogP contribution in [0.4, 0.5) is 0 Å². The molecule has 0 heterocycles. The minimum Gasteiger partial charge on any atom is -0.462 e. The Bertz CT molecular complexity index is 637. The van der Waals surface area contributed by atoms with Crippen molar-refractivity contribution in [1.82, 2.24) is 0 Å². The van der Waals surface area contributed by atoms with Crippen molar-refractivity contribution < 1.29 is 24.2 Å². The first-order valence-electron chi connectivity index (χ1n) is 21.1. The molecule has 0 aliphatic carbocycles. The summed E-state index contributed by atoms with van der Waals surface area (Å²) >= 11 is 0. The lowest BCUT2D eigenvalue weighted by Crippen LogP contribution is -2.28. The van der Waals surface area contributed by atoms with Gasteiger partial charge in [-0.25, -0.2) is 0 Å². The molecule has 0 bridgehead atoms. The first-order chi connectivity index (χ1) is 23.1. The number of hydrogen-bond donors (Lipinski definition) is 1. The van der Waals surface area contributed by atoms with Gasteiger partial charge in [0, 0.05) is 12.8 Å². The molecule has 0 aromatic carbocycles. The van der Waals surface area contributed by atoms with Gasteiger partial charge in [0.15, 0.2) is 6.10 Å². The highest BCUT2D eigenvalue weighted by Crippen LogP contribution is 2.16. The van der Waals surface area contributed by atoms with Crippen molar-refractivity contribution in [2.24, 2.45) is 0 Å². The zero-order chi connectivity index (χ0) is 34.3. The van der Waals surface area contributed by atoms with Crippen LogP contribution >= 0.6 is 0 Å². The van der Waals surface area contributed by atoms with Crippen LogP contribution in [-0.2, 0) is 19.1 Å². The van der Waals surface area contributed by atoms with E-state index in [1.807, 2.05) is 0 Å². The second kappa shape index (κ2) is 39.3. The van der Waals surface area contributed by atoms with Crippen molar-refractivity contribution in [2.45, 2.75) is 245 Å². The van der Waals surface area contributed by atoms with Crippen LogP contribution in [0.1, 0.15) is 239 Å². The van der Waals surface area contributed by atoms with E-state index < -0.39 is 6.10 Å². The number of aliphatic hydroxyl groups excluding tert-OH is 1. The van der Waals surface area contributed by atoms with Gasteiger partial charge >= 0.3 is 11.9 Å². The second-order valence-electron chi connectivity index (χ2n) is 14.4. The molecule has 47 heavy (non-hydrogen) atoms. The molecule has 0 aliphatic heterocycles. The molecule has 5 heteroatoms. The normalized spacial score (nSPS) is 12.0. The summed E-state index contributed by atoms with van der Waals surface area (Å²) in [5, 5.41) is 9.53. The number of hydrogen-bond acceptors (Lipinski definition) is 5. The number of rotatable bonds is 39. The molecular formula is C42H82O5. The highest BCUT2D eigenvalue weighted by molar-refractivity contribution is 5.70. The van der Waals surface area contributed by atoms with E-state index in [1.165, 1.54) is 180 Å². The van der Waals surface area contributed by atoms with Gasteiger partial charge in [0.05, 0.1) is 6.61 Å². The van der Waals surface area contributed by atoms with Crippen molar-refractivity contribution in [3.63, 3.8) is 0 Å². The Morgan fingerprint density at radius 1 is 0.404 bits per heavy atom. The van der Waals surface area contributed by atoms with Gasteiger partial charge in [-0.15, -0.1) is 0 Å². The highest BCUT2D eigenvalue weighted by atomic mass is 16.6. The van der Waals surface area contributed by atoms with E-state index in [0.29, 0.717) is 12.8 Å². The molecule has 0 aromatic heterocycles. The smallest absolute Gasteiger partial charge is 0.306 e. The average molecular weight is 667 g/mol. The maximum atomic E-state index is 12.1. The Morgan fingerprint density at radius 2 is 0.660 bits per heavy atom. The lowest BCUT2D eigenvalue weighted by molar-refractivity contribution is -0.161. The quantitative estimate of drug-likeness (QED) is 0.0522. The summed E-state index contributed by atoms with van der Waals surface area (Å²) in [5.74, 6) is -0.577. The lowest BCUT2D eigenvalue weighted by Gasteiger charge is -2.15. The Labute approximate surface area is 293 Å². The monoisotopic (exact) mass is 667 g/mol. The van der Waals surface area contributed by atoms with E-state index in [1.54, 1.807) is 0 Å². The molecule has 0 rings (SSSR count). The van der Waals surface area contributed by atoms with E-state index in [0.717, 1.165) is 32.1 Å². The summed E-state index contributed by atoms with van der Waals surface area (Å²) < 4.78 is 10.6. The number of esters is 2. The number of ether oxygens (including phenoxy) is 2. The van der Waals surface area contributed by atoms with Crippen LogP contribution in [0.2, 0.25) is 0 Å². The summed E-state index contributed by atoms with van der Waals surface area (Å²) in [6, 6.07) is 0. The third-order valence-corrected chi connectivity index (χ3v) is 9.65. The second-order valence-corrected chi connectivity index (χ2v) is 14.4. The standard InChI is InChI=1S/C42H82O5/c1-3-5-7-9-11-13-15-16-17-18-19-20-21-22-23-24-25-26-27-29-30-32-34-36-41(44)46-39-40(38-43)47-42(45)37-35-33-31-28-14-12-10-8-6-4-2/h40,43H,3-39H2,1-2H3/t40-/m0/s1. The van der Waals surface area contributed by atoms with Gasteiger partial charge in [-0.05, 0) is 12.8 Å². The molecule has 0 unspecified atom stereocenters. The molecule has 0 amide bonds. The Morgan fingerprint density at radius 3 is 0.936 bits per heavy atom. The average Bonchev–Trinajstić information content (AvgIpc) is 3.07. The highest BCUT2D eigenvalue weighted by Gasteiger charge is 2.16. The number of aliphatic hydroxyl groups is 1. The van der Waals surface area contributed by atoms with Crippen LogP contribution < -0.4 is 0 Å². The van der Waals surface area contributed by atoms with Crippen LogP contribution in [0, 0.1) is 0 Å². The van der Waals surface area contributed by atoms with Gasteiger partial charge in [-0.1, -0.05) is 213 Å². The van der Waals surface area contributed by atoms with Crippen molar-refractivity contribution in [1.29, 1.82) is 0 Å². The maximum absolute atomic E-state index is 12.1. The topological polar surface area (TPSA) is 72.8 Å². The molecule has 0 spiro atoms. The number of unbranched alkanes of at least 4 members (excludes halogenated alkanes) is 31. The zero-order valence-corrected chi connectivity index (χ0v) is 31.8. The van der Waals surface area contributed by atoms with E-state index in [9.17, 15) is 14.7 Å². The van der Waals surface area contributed by atoms with Crippen LogP contribution in [0.5, 0.6) is 0 Å². The largest absolute Gasteiger partial charge is 0.462 e. The van der Waals surface area contributed by atoms with E-state index in [-0.39, 0.29) is 25.2 Å². The molecule has 280 valence electrons. The van der Waals surface area contributed by atoms with Gasteiger partial charge in [-0.3, -0.25) is 9.59 Å². The molecular weight excluding hydrogens is 584 g/mol. The fourth-order valence-corrected chi connectivity index (χ4v) is 6.44. The van der Waals surface area contributed by atoms with Crippen LogP contribution in [0.3, 0.4) is 0 Å². The van der Waals surface area contributed by atoms with Crippen molar-refractivity contribution in [3.8, 4) is 0 Å². The van der Waals surface area contributed by atoms with Crippen molar-refractivity contribution in [3.05, 3.63) is 0 Å². The first-order valence-corrected chi connectivity index (χ1v) is 21.1. The summed E-state index contributed by atoms with van der Waals surface area (Å²) in [7, 11) is 0. The number of carbonyl (C=O) groups excluding carboxylic acids is 2. The molecule has 0 aromatic rings. The Kier molecular flexibility index (Phi) is 38.4. The third-order valence-electron chi connectivity index (χ3n) is 9.65. The van der Waals surface area contributed by atoms with Crippen molar-refractivity contribution in [2.75, 3.05) is 13.2 Å². The maximum Gasteiger partial charge on any atom is 0.306 e. The molecule has 0 aliphatic rings. The van der Waals surface area contributed by atoms with Crippen LogP contribution in [0.15, 0.2) is 0 Å². The van der Waals surface area contributed by atoms with Crippen molar-refractivity contribution >= 4 is 11.9 Å². The summed E-state index contributed by atoms with van der Waals surface area (Å²) in [4.78, 5) is 24.2. The van der Waals surface area contributed by atoms with E-state index in [2.05, 4.69) is 13.8 Å². The SMILES string of the molecule is CCCCCCCCCCCCCCCCCCCCCCCCCC(=O)OC[C@H](CO)OC(=O)CCCCCCCCCCCC. The molecule has 1 N–H and O–H groups in total. The zero-order valence-electron chi connectivity index (χ0n) is 31.8. The summed E-state index contributed by atoms with van der Waals surface area (Å²) in [6.45, 7) is 4.15. The fraction of sp³-hybridized carbons (Fsp3) is 0.952. The molecule has 0 fully saturated rings. The lowest BCUT2D eigenvalue weighted by atomic mass is 10.0. The molecule has 0 radical (unpaired) electrons. The van der Waals surface area contributed by atoms with Crippen LogP contribution in [0.25, 0.3) is 0 Å². The Hall–Kier alpha value is -1.10. The minimum absolute atomic E-state index is 0.0571. The Balaban J connectivity index is 3.41. The van der Waals surface area contributed by atoms with E-state index in [4.69, 9.17) is 9.47 Å². The van der Waals surface area contributed by atoms with Gasteiger partial charge in [0.25, 0.3) is 0 Å². The predicted molar refractivity (Wildman–Crippen MR) is 201 cm³/mol. The summed E-state index contributed by atoms with van der Waals surface area (Å²) in [5.41, 5.74) is 0. The third kappa shape index (κ3) is 37.6.